The molecule has 3 rings (SSSR count). The first-order valence-corrected chi connectivity index (χ1v) is 7.50. The fourth-order valence-electron chi connectivity index (χ4n) is 2.55. The van der Waals surface area contributed by atoms with Gasteiger partial charge in [0.2, 0.25) is 5.91 Å². The average molecular weight is 377 g/mol. The summed E-state index contributed by atoms with van der Waals surface area (Å²) in [5.74, 6) is -1.34. The lowest BCUT2D eigenvalue weighted by molar-refractivity contribution is -0.394. The van der Waals surface area contributed by atoms with Crippen molar-refractivity contribution >= 4 is 46.2 Å². The SMILES string of the molecule is O=C1CN(C(=O)c2cc([N+](=O)[O-])cc([N+](=O)[O-])c2Cl)c2ccccc2N1. The van der Waals surface area contributed by atoms with Crippen LogP contribution in [0.4, 0.5) is 22.7 Å². The zero-order valence-corrected chi connectivity index (χ0v) is 13.6. The van der Waals surface area contributed by atoms with Gasteiger partial charge in [0.15, 0.2) is 0 Å². The molecule has 0 saturated carbocycles. The smallest absolute Gasteiger partial charge is 0.295 e. The molecule has 0 aromatic heterocycles. The van der Waals surface area contributed by atoms with Gasteiger partial charge in [0.05, 0.1) is 32.9 Å². The molecule has 1 heterocycles. The maximum atomic E-state index is 12.9. The van der Waals surface area contributed by atoms with Crippen LogP contribution in [0.3, 0.4) is 0 Å². The van der Waals surface area contributed by atoms with E-state index in [2.05, 4.69) is 5.32 Å². The van der Waals surface area contributed by atoms with Crippen molar-refractivity contribution in [3.05, 3.63) is 67.2 Å². The molecule has 0 atom stereocenters. The molecule has 0 aliphatic carbocycles. The molecule has 2 aromatic carbocycles. The van der Waals surface area contributed by atoms with Crippen molar-refractivity contribution in [2.24, 2.45) is 0 Å². The highest BCUT2D eigenvalue weighted by Gasteiger charge is 2.32. The zero-order chi connectivity index (χ0) is 19.0. The van der Waals surface area contributed by atoms with Gasteiger partial charge in [-0.3, -0.25) is 34.7 Å². The predicted octanol–water partition coefficient (Wildman–Crippen LogP) is 2.76. The van der Waals surface area contributed by atoms with Gasteiger partial charge in [-0.2, -0.15) is 0 Å². The summed E-state index contributed by atoms with van der Waals surface area (Å²) in [6, 6.07) is 7.95. The first-order chi connectivity index (χ1) is 12.3. The van der Waals surface area contributed by atoms with Crippen molar-refractivity contribution in [2.75, 3.05) is 16.8 Å². The van der Waals surface area contributed by atoms with Gasteiger partial charge in [0, 0.05) is 6.07 Å². The highest BCUT2D eigenvalue weighted by molar-refractivity contribution is 6.37. The monoisotopic (exact) mass is 376 g/mol. The normalized spacial score (nSPS) is 13.0. The fourth-order valence-corrected chi connectivity index (χ4v) is 2.81. The van der Waals surface area contributed by atoms with Gasteiger partial charge in [-0.25, -0.2) is 0 Å². The molecule has 0 unspecified atom stereocenters. The number of nitro groups is 2. The molecular weight excluding hydrogens is 368 g/mol. The van der Waals surface area contributed by atoms with Crippen molar-refractivity contribution in [2.45, 2.75) is 0 Å². The van der Waals surface area contributed by atoms with Crippen molar-refractivity contribution in [3.8, 4) is 0 Å². The summed E-state index contributed by atoms with van der Waals surface area (Å²) in [5.41, 5.74) is -1.13. The summed E-state index contributed by atoms with van der Waals surface area (Å²) < 4.78 is 0. The molecule has 0 radical (unpaired) electrons. The number of hydrogen-bond acceptors (Lipinski definition) is 6. The van der Waals surface area contributed by atoms with E-state index in [0.29, 0.717) is 17.4 Å². The Morgan fingerprint density at radius 3 is 2.50 bits per heavy atom. The van der Waals surface area contributed by atoms with E-state index < -0.39 is 43.6 Å². The average Bonchev–Trinajstić information content (AvgIpc) is 2.60. The molecule has 0 bridgehead atoms. The molecule has 26 heavy (non-hydrogen) atoms. The number of halogens is 1. The Hall–Kier alpha value is -3.53. The Balaban J connectivity index is 2.15. The van der Waals surface area contributed by atoms with Gasteiger partial charge in [-0.05, 0) is 12.1 Å². The summed E-state index contributed by atoms with van der Waals surface area (Å²) in [5, 5.41) is 24.2. The Morgan fingerprint density at radius 2 is 1.85 bits per heavy atom. The number of non-ortho nitro benzene ring substituents is 1. The van der Waals surface area contributed by atoms with Crippen LogP contribution in [-0.4, -0.2) is 28.2 Å². The standard InChI is InChI=1S/C15H9ClN4O6/c16-14-9(5-8(19(23)24)6-12(14)20(25)26)15(22)18-7-13(21)17-10-3-1-2-4-11(10)18/h1-6H,7H2,(H,17,21). The maximum absolute atomic E-state index is 12.9. The molecule has 0 spiro atoms. The van der Waals surface area contributed by atoms with Crippen molar-refractivity contribution in [1.82, 2.24) is 0 Å². The van der Waals surface area contributed by atoms with Crippen molar-refractivity contribution in [1.29, 1.82) is 0 Å². The van der Waals surface area contributed by atoms with E-state index in [0.717, 1.165) is 11.0 Å². The molecule has 2 aromatic rings. The molecule has 132 valence electrons. The Kier molecular flexibility index (Phi) is 4.26. The fraction of sp³-hybridized carbons (Fsp3) is 0.0667. The van der Waals surface area contributed by atoms with Crippen LogP contribution >= 0.6 is 11.6 Å². The van der Waals surface area contributed by atoms with Gasteiger partial charge in [-0.1, -0.05) is 23.7 Å². The van der Waals surface area contributed by atoms with E-state index in [1.54, 1.807) is 24.3 Å². The van der Waals surface area contributed by atoms with E-state index >= 15 is 0 Å². The number of nitrogens with zero attached hydrogens (tertiary/aromatic N) is 3. The predicted molar refractivity (Wildman–Crippen MR) is 91.5 cm³/mol. The zero-order valence-electron chi connectivity index (χ0n) is 12.8. The van der Waals surface area contributed by atoms with Crippen LogP contribution < -0.4 is 10.2 Å². The summed E-state index contributed by atoms with van der Waals surface area (Å²) in [6.45, 7) is -0.358. The summed E-state index contributed by atoms with van der Waals surface area (Å²) in [7, 11) is 0. The molecule has 10 nitrogen and oxygen atoms in total. The quantitative estimate of drug-likeness (QED) is 0.646. The molecule has 1 aliphatic rings. The Labute approximate surface area is 150 Å². The number of amides is 2. The largest absolute Gasteiger partial charge is 0.323 e. The summed E-state index contributed by atoms with van der Waals surface area (Å²) in [4.78, 5) is 46.2. The van der Waals surface area contributed by atoms with Crippen molar-refractivity contribution in [3.63, 3.8) is 0 Å². The van der Waals surface area contributed by atoms with E-state index in [9.17, 15) is 29.8 Å². The van der Waals surface area contributed by atoms with Crippen LogP contribution in [0.5, 0.6) is 0 Å². The van der Waals surface area contributed by atoms with Crippen LogP contribution in [-0.2, 0) is 4.79 Å². The minimum absolute atomic E-state index is 0.349. The second kappa shape index (κ2) is 6.41. The number of rotatable bonds is 3. The highest BCUT2D eigenvalue weighted by Crippen LogP contribution is 2.36. The van der Waals surface area contributed by atoms with Crippen LogP contribution in [0.1, 0.15) is 10.4 Å². The molecular formula is C15H9ClN4O6. The lowest BCUT2D eigenvalue weighted by atomic mass is 10.1. The van der Waals surface area contributed by atoms with Gasteiger partial charge >= 0.3 is 0 Å². The van der Waals surface area contributed by atoms with Gasteiger partial charge in [0.1, 0.15) is 11.6 Å². The Bertz CT molecular complexity index is 977. The third-order valence-electron chi connectivity index (χ3n) is 3.69. The second-order valence-electron chi connectivity index (χ2n) is 5.30. The maximum Gasteiger partial charge on any atom is 0.295 e. The lowest BCUT2D eigenvalue weighted by Crippen LogP contribution is -2.42. The number of anilines is 2. The third kappa shape index (κ3) is 2.93. The molecule has 11 heteroatoms. The van der Waals surface area contributed by atoms with E-state index in [4.69, 9.17) is 11.6 Å². The molecule has 0 fully saturated rings. The van der Waals surface area contributed by atoms with Crippen LogP contribution in [0, 0.1) is 20.2 Å². The van der Waals surface area contributed by atoms with Crippen LogP contribution in [0.25, 0.3) is 0 Å². The number of carbonyl (C=O) groups is 2. The number of carbonyl (C=O) groups excluding carboxylic acids is 2. The minimum Gasteiger partial charge on any atom is -0.323 e. The molecule has 2 amide bonds. The number of benzene rings is 2. The number of fused-ring (bicyclic) bond motifs is 1. The van der Waals surface area contributed by atoms with E-state index in [-0.39, 0.29) is 6.54 Å². The van der Waals surface area contributed by atoms with Crippen LogP contribution in [0.15, 0.2) is 36.4 Å². The van der Waals surface area contributed by atoms with Gasteiger partial charge in [-0.15, -0.1) is 0 Å². The minimum atomic E-state index is -0.914. The second-order valence-corrected chi connectivity index (χ2v) is 5.68. The molecule has 1 N–H and O–H groups in total. The van der Waals surface area contributed by atoms with Crippen LogP contribution in [0.2, 0.25) is 5.02 Å². The number of nitro benzene ring substituents is 2. The third-order valence-corrected chi connectivity index (χ3v) is 4.09. The summed E-state index contributed by atoms with van der Waals surface area (Å²) in [6.07, 6.45) is 0. The first-order valence-electron chi connectivity index (χ1n) is 7.12. The topological polar surface area (TPSA) is 136 Å². The van der Waals surface area contributed by atoms with E-state index in [1.807, 2.05) is 0 Å². The highest BCUT2D eigenvalue weighted by atomic mass is 35.5. The van der Waals surface area contributed by atoms with Gasteiger partial charge < -0.3 is 5.32 Å². The van der Waals surface area contributed by atoms with E-state index in [1.165, 1.54) is 0 Å². The number of nitrogens with one attached hydrogen (secondary N) is 1. The first kappa shape index (κ1) is 17.3. The lowest BCUT2D eigenvalue weighted by Gasteiger charge is -2.29. The number of hydrogen-bond donors (Lipinski definition) is 1. The number of para-hydroxylation sites is 2. The Morgan fingerprint density at radius 1 is 1.15 bits per heavy atom. The van der Waals surface area contributed by atoms with Gasteiger partial charge in [0.25, 0.3) is 17.3 Å². The summed E-state index contributed by atoms with van der Waals surface area (Å²) >= 11 is 5.95. The molecule has 0 saturated heterocycles. The van der Waals surface area contributed by atoms with Crippen molar-refractivity contribution < 1.29 is 19.4 Å². The molecule has 1 aliphatic heterocycles.